The van der Waals surface area contributed by atoms with E-state index >= 15 is 0 Å². The van der Waals surface area contributed by atoms with E-state index in [1.165, 1.54) is 0 Å². The predicted molar refractivity (Wildman–Crippen MR) is 101 cm³/mol. The van der Waals surface area contributed by atoms with Gasteiger partial charge in [0.1, 0.15) is 5.60 Å². The zero-order chi connectivity index (χ0) is 18.2. The molecule has 4 heteroatoms. The van der Waals surface area contributed by atoms with Crippen molar-refractivity contribution in [1.82, 2.24) is 4.98 Å². The van der Waals surface area contributed by atoms with Crippen molar-refractivity contribution < 1.29 is 9.53 Å². The highest BCUT2D eigenvalue weighted by molar-refractivity contribution is 6.08. The standard InChI is InChI=1S/C21H22N2O2/c1-13-18(20(24)25-21(2,3)4)19(14-8-6-5-7-9-14)16-12-15(22)10-11-17(16)23-13/h5-12H,22H2,1-4H3. The second kappa shape index (κ2) is 6.20. The fourth-order valence-electron chi connectivity index (χ4n) is 2.89. The number of benzene rings is 2. The summed E-state index contributed by atoms with van der Waals surface area (Å²) in [5.74, 6) is -0.374. The number of carbonyl (C=O) groups is 1. The Labute approximate surface area is 147 Å². The molecule has 0 fully saturated rings. The molecule has 0 amide bonds. The number of fused-ring (bicyclic) bond motifs is 1. The van der Waals surface area contributed by atoms with Gasteiger partial charge in [-0.2, -0.15) is 0 Å². The average Bonchev–Trinajstić information content (AvgIpc) is 2.53. The number of nitrogen functional groups attached to an aromatic ring is 1. The maximum atomic E-state index is 12.9. The average molecular weight is 334 g/mol. The number of hydrogen-bond donors (Lipinski definition) is 1. The number of esters is 1. The molecule has 128 valence electrons. The van der Waals surface area contributed by atoms with Crippen molar-refractivity contribution in [3.05, 3.63) is 59.8 Å². The first-order valence-corrected chi connectivity index (χ1v) is 8.25. The molecule has 0 atom stereocenters. The highest BCUT2D eigenvalue weighted by atomic mass is 16.6. The predicted octanol–water partition coefficient (Wildman–Crippen LogP) is 4.75. The van der Waals surface area contributed by atoms with Crippen LogP contribution in [0.15, 0.2) is 48.5 Å². The lowest BCUT2D eigenvalue weighted by molar-refractivity contribution is 0.00694. The van der Waals surface area contributed by atoms with E-state index in [-0.39, 0.29) is 5.97 Å². The quantitative estimate of drug-likeness (QED) is 0.542. The molecule has 0 radical (unpaired) electrons. The smallest absolute Gasteiger partial charge is 0.341 e. The number of ether oxygens (including phenoxy) is 1. The minimum absolute atomic E-state index is 0.374. The number of pyridine rings is 1. The molecule has 0 saturated carbocycles. The summed E-state index contributed by atoms with van der Waals surface area (Å²) in [6.07, 6.45) is 0. The van der Waals surface area contributed by atoms with Gasteiger partial charge < -0.3 is 10.5 Å². The van der Waals surface area contributed by atoms with Crippen LogP contribution in [-0.2, 0) is 4.74 Å². The van der Waals surface area contributed by atoms with Crippen LogP contribution in [0.5, 0.6) is 0 Å². The van der Waals surface area contributed by atoms with E-state index in [4.69, 9.17) is 10.5 Å². The maximum Gasteiger partial charge on any atom is 0.341 e. The molecular formula is C21H22N2O2. The van der Waals surface area contributed by atoms with E-state index in [0.29, 0.717) is 16.9 Å². The fourth-order valence-corrected chi connectivity index (χ4v) is 2.89. The Bertz CT molecular complexity index is 942. The van der Waals surface area contributed by atoms with Gasteiger partial charge in [0.05, 0.1) is 16.8 Å². The Hall–Kier alpha value is -2.88. The van der Waals surface area contributed by atoms with Gasteiger partial charge in [-0.25, -0.2) is 4.79 Å². The van der Waals surface area contributed by atoms with Crippen molar-refractivity contribution in [3.8, 4) is 11.1 Å². The highest BCUT2D eigenvalue weighted by Gasteiger charge is 2.25. The monoisotopic (exact) mass is 334 g/mol. The zero-order valence-electron chi connectivity index (χ0n) is 15.0. The molecule has 0 unspecified atom stereocenters. The van der Waals surface area contributed by atoms with Crippen LogP contribution in [0.25, 0.3) is 22.0 Å². The minimum Gasteiger partial charge on any atom is -0.456 e. The molecule has 0 aliphatic carbocycles. The number of rotatable bonds is 2. The lowest BCUT2D eigenvalue weighted by Gasteiger charge is -2.22. The maximum absolute atomic E-state index is 12.9. The first-order chi connectivity index (χ1) is 11.8. The topological polar surface area (TPSA) is 65.2 Å². The number of nitrogens with zero attached hydrogens (tertiary/aromatic N) is 1. The number of nitrogens with two attached hydrogens (primary N) is 1. The normalized spacial score (nSPS) is 11.5. The van der Waals surface area contributed by atoms with Crippen molar-refractivity contribution in [2.45, 2.75) is 33.3 Å². The molecule has 3 rings (SSSR count). The number of carbonyl (C=O) groups excluding carboxylic acids is 1. The molecule has 1 aromatic heterocycles. The van der Waals surface area contributed by atoms with Crippen molar-refractivity contribution >= 4 is 22.6 Å². The van der Waals surface area contributed by atoms with Gasteiger partial charge >= 0.3 is 5.97 Å². The van der Waals surface area contributed by atoms with Crippen LogP contribution in [0, 0.1) is 6.92 Å². The Morgan fingerprint density at radius 2 is 1.76 bits per heavy atom. The Morgan fingerprint density at radius 1 is 1.08 bits per heavy atom. The van der Waals surface area contributed by atoms with Gasteiger partial charge in [0.25, 0.3) is 0 Å². The van der Waals surface area contributed by atoms with Crippen molar-refractivity contribution in [2.24, 2.45) is 0 Å². The molecule has 25 heavy (non-hydrogen) atoms. The van der Waals surface area contributed by atoms with Crippen molar-refractivity contribution in [3.63, 3.8) is 0 Å². The third-order valence-corrected chi connectivity index (χ3v) is 3.86. The van der Waals surface area contributed by atoms with Crippen LogP contribution in [0.3, 0.4) is 0 Å². The molecule has 2 N–H and O–H groups in total. The van der Waals surface area contributed by atoms with E-state index in [2.05, 4.69) is 4.98 Å². The van der Waals surface area contributed by atoms with Gasteiger partial charge in [-0.15, -0.1) is 0 Å². The number of anilines is 1. The molecule has 4 nitrogen and oxygen atoms in total. The van der Waals surface area contributed by atoms with Gasteiger partial charge in [-0.05, 0) is 51.5 Å². The number of hydrogen-bond acceptors (Lipinski definition) is 4. The summed E-state index contributed by atoms with van der Waals surface area (Å²) in [7, 11) is 0. The summed E-state index contributed by atoms with van der Waals surface area (Å²) < 4.78 is 5.64. The summed E-state index contributed by atoms with van der Waals surface area (Å²) in [5, 5.41) is 0.845. The van der Waals surface area contributed by atoms with Crippen molar-refractivity contribution in [2.75, 3.05) is 5.73 Å². The van der Waals surface area contributed by atoms with Gasteiger partial charge in [0.2, 0.25) is 0 Å². The van der Waals surface area contributed by atoms with Crippen LogP contribution in [0.2, 0.25) is 0 Å². The number of aromatic nitrogens is 1. The summed E-state index contributed by atoms with van der Waals surface area (Å²) in [4.78, 5) is 17.5. The summed E-state index contributed by atoms with van der Waals surface area (Å²) >= 11 is 0. The van der Waals surface area contributed by atoms with E-state index in [0.717, 1.165) is 22.0 Å². The van der Waals surface area contributed by atoms with Crippen LogP contribution < -0.4 is 5.73 Å². The van der Waals surface area contributed by atoms with Crippen molar-refractivity contribution in [1.29, 1.82) is 0 Å². The van der Waals surface area contributed by atoms with E-state index in [1.54, 1.807) is 0 Å². The SMILES string of the molecule is Cc1nc2ccc(N)cc2c(-c2ccccc2)c1C(=O)OC(C)(C)C. The molecular weight excluding hydrogens is 312 g/mol. The van der Waals surface area contributed by atoms with Crippen LogP contribution in [0.1, 0.15) is 36.8 Å². The Balaban J connectivity index is 2.35. The molecule has 0 saturated heterocycles. The molecule has 0 bridgehead atoms. The number of aryl methyl sites for hydroxylation is 1. The van der Waals surface area contributed by atoms with Gasteiger partial charge in [0, 0.05) is 16.6 Å². The first kappa shape index (κ1) is 17.0. The summed E-state index contributed by atoms with van der Waals surface area (Å²) in [6.45, 7) is 7.40. The lowest BCUT2D eigenvalue weighted by Crippen LogP contribution is -2.25. The summed E-state index contributed by atoms with van der Waals surface area (Å²) in [6, 6.07) is 15.3. The molecule has 3 aromatic rings. The second-order valence-corrected chi connectivity index (χ2v) is 7.09. The van der Waals surface area contributed by atoms with Crippen LogP contribution >= 0.6 is 0 Å². The fraction of sp³-hybridized carbons (Fsp3) is 0.238. The van der Waals surface area contributed by atoms with Gasteiger partial charge in [-0.1, -0.05) is 30.3 Å². The second-order valence-electron chi connectivity index (χ2n) is 7.09. The molecule has 0 spiro atoms. The van der Waals surface area contributed by atoms with E-state index in [9.17, 15) is 4.79 Å². The minimum atomic E-state index is -0.581. The molecule has 0 aliphatic heterocycles. The first-order valence-electron chi connectivity index (χ1n) is 8.25. The van der Waals surface area contributed by atoms with Crippen LogP contribution in [-0.4, -0.2) is 16.6 Å². The van der Waals surface area contributed by atoms with Crippen LogP contribution in [0.4, 0.5) is 5.69 Å². The van der Waals surface area contributed by atoms with E-state index < -0.39 is 5.60 Å². The van der Waals surface area contributed by atoms with Gasteiger partial charge in [0.15, 0.2) is 0 Å². The largest absolute Gasteiger partial charge is 0.456 e. The molecule has 0 aliphatic rings. The zero-order valence-corrected chi connectivity index (χ0v) is 15.0. The van der Waals surface area contributed by atoms with Gasteiger partial charge in [-0.3, -0.25) is 4.98 Å². The molecule has 2 aromatic carbocycles. The highest BCUT2D eigenvalue weighted by Crippen LogP contribution is 2.35. The summed E-state index contributed by atoms with van der Waals surface area (Å²) in [5.41, 5.74) is 9.72. The molecule has 1 heterocycles. The Morgan fingerprint density at radius 3 is 2.40 bits per heavy atom. The Kier molecular flexibility index (Phi) is 4.21. The third-order valence-electron chi connectivity index (χ3n) is 3.86. The lowest BCUT2D eigenvalue weighted by atomic mass is 9.94. The van der Waals surface area contributed by atoms with E-state index in [1.807, 2.05) is 76.2 Å². The third kappa shape index (κ3) is 3.48.